The predicted octanol–water partition coefficient (Wildman–Crippen LogP) is 1.67. The minimum absolute atomic E-state index is 0. The Morgan fingerprint density at radius 2 is 1.81 bits per heavy atom. The highest BCUT2D eigenvalue weighted by Crippen LogP contribution is 2.07. The molecule has 2 rings (SSSR count). The van der Waals surface area contributed by atoms with Crippen molar-refractivity contribution in [3.05, 3.63) is 35.6 Å². The van der Waals surface area contributed by atoms with E-state index in [2.05, 4.69) is 10.2 Å². The summed E-state index contributed by atoms with van der Waals surface area (Å²) >= 11 is 0. The zero-order valence-corrected chi connectivity index (χ0v) is 17.2. The van der Waals surface area contributed by atoms with Crippen LogP contribution in [0.2, 0.25) is 0 Å². The molecule has 1 saturated heterocycles. The van der Waals surface area contributed by atoms with E-state index in [0.717, 1.165) is 13.1 Å². The van der Waals surface area contributed by atoms with Crippen LogP contribution in [0.4, 0.5) is 4.39 Å². The standard InChI is InChI=1S/C18H27FN4O2.2ClH/c1-14(20)6-7-17(24)23-12-10-22(11-13-23)9-8-21-18(25)15-4-2-3-5-16(15)19;;/h2-5,14H,6-13,20H2,1H3,(H,21,25);2*1H. The zero-order chi connectivity index (χ0) is 18.2. The van der Waals surface area contributed by atoms with E-state index in [-0.39, 0.29) is 42.3 Å². The number of amides is 2. The Morgan fingerprint density at radius 1 is 1.19 bits per heavy atom. The quantitative estimate of drug-likeness (QED) is 0.700. The van der Waals surface area contributed by atoms with Crippen molar-refractivity contribution in [2.45, 2.75) is 25.8 Å². The summed E-state index contributed by atoms with van der Waals surface area (Å²) in [4.78, 5) is 28.1. The van der Waals surface area contributed by atoms with Gasteiger partial charge in [-0.25, -0.2) is 4.39 Å². The molecule has 1 aliphatic heterocycles. The zero-order valence-electron chi connectivity index (χ0n) is 15.5. The van der Waals surface area contributed by atoms with Crippen LogP contribution in [-0.4, -0.2) is 66.9 Å². The van der Waals surface area contributed by atoms with Crippen LogP contribution in [0.25, 0.3) is 0 Å². The molecule has 3 N–H and O–H groups in total. The number of hydrogen-bond donors (Lipinski definition) is 2. The number of piperazine rings is 1. The van der Waals surface area contributed by atoms with Gasteiger partial charge < -0.3 is 16.0 Å². The van der Waals surface area contributed by atoms with Crippen molar-refractivity contribution in [3.63, 3.8) is 0 Å². The lowest BCUT2D eigenvalue weighted by Gasteiger charge is -2.34. The van der Waals surface area contributed by atoms with Crippen LogP contribution in [-0.2, 0) is 4.79 Å². The fourth-order valence-electron chi connectivity index (χ4n) is 2.80. The number of hydrogen-bond acceptors (Lipinski definition) is 4. The molecule has 1 aliphatic rings. The topological polar surface area (TPSA) is 78.7 Å². The third-order valence-corrected chi connectivity index (χ3v) is 4.37. The van der Waals surface area contributed by atoms with Gasteiger partial charge in [0, 0.05) is 51.7 Å². The molecule has 0 spiro atoms. The van der Waals surface area contributed by atoms with Crippen molar-refractivity contribution in [2.75, 3.05) is 39.3 Å². The van der Waals surface area contributed by atoms with Crippen molar-refractivity contribution in [1.82, 2.24) is 15.1 Å². The van der Waals surface area contributed by atoms with Gasteiger partial charge in [-0.05, 0) is 25.5 Å². The third-order valence-electron chi connectivity index (χ3n) is 4.37. The number of halogens is 3. The maximum atomic E-state index is 13.5. The maximum Gasteiger partial charge on any atom is 0.254 e. The molecule has 154 valence electrons. The first-order chi connectivity index (χ1) is 12.0. The van der Waals surface area contributed by atoms with Gasteiger partial charge >= 0.3 is 0 Å². The molecule has 0 radical (unpaired) electrons. The molecule has 1 atom stereocenters. The SMILES string of the molecule is CC(N)CCC(=O)N1CCN(CCNC(=O)c2ccccc2F)CC1.Cl.Cl. The van der Waals surface area contributed by atoms with Gasteiger partial charge in [-0.1, -0.05) is 12.1 Å². The Labute approximate surface area is 172 Å². The Kier molecular flexibility index (Phi) is 12.2. The number of benzene rings is 1. The molecular weight excluding hydrogens is 394 g/mol. The molecule has 1 fully saturated rings. The summed E-state index contributed by atoms with van der Waals surface area (Å²) in [7, 11) is 0. The Hall–Kier alpha value is -1.41. The molecule has 0 aliphatic carbocycles. The van der Waals surface area contributed by atoms with Crippen LogP contribution >= 0.6 is 24.8 Å². The molecule has 0 bridgehead atoms. The molecule has 9 heteroatoms. The lowest BCUT2D eigenvalue weighted by atomic mass is 10.1. The van der Waals surface area contributed by atoms with Crippen LogP contribution < -0.4 is 11.1 Å². The molecule has 6 nitrogen and oxygen atoms in total. The fourth-order valence-corrected chi connectivity index (χ4v) is 2.80. The van der Waals surface area contributed by atoms with Crippen molar-refractivity contribution in [3.8, 4) is 0 Å². The highest BCUT2D eigenvalue weighted by molar-refractivity contribution is 5.94. The Balaban J connectivity index is 0.00000338. The largest absolute Gasteiger partial charge is 0.351 e. The molecule has 0 saturated carbocycles. The van der Waals surface area contributed by atoms with E-state index in [9.17, 15) is 14.0 Å². The van der Waals surface area contributed by atoms with Gasteiger partial charge in [-0.3, -0.25) is 14.5 Å². The van der Waals surface area contributed by atoms with Crippen molar-refractivity contribution in [1.29, 1.82) is 0 Å². The summed E-state index contributed by atoms with van der Waals surface area (Å²) in [6.45, 7) is 5.98. The second-order valence-electron chi connectivity index (χ2n) is 6.47. The number of nitrogens with two attached hydrogens (primary N) is 1. The minimum atomic E-state index is -0.515. The number of rotatable bonds is 7. The predicted molar refractivity (Wildman–Crippen MR) is 109 cm³/mol. The summed E-state index contributed by atoms with van der Waals surface area (Å²) in [5.41, 5.74) is 5.75. The molecule has 1 heterocycles. The van der Waals surface area contributed by atoms with Crippen molar-refractivity contribution in [2.24, 2.45) is 5.73 Å². The monoisotopic (exact) mass is 422 g/mol. The molecule has 0 aromatic heterocycles. The van der Waals surface area contributed by atoms with E-state index in [1.165, 1.54) is 12.1 Å². The van der Waals surface area contributed by atoms with Crippen LogP contribution in [0.1, 0.15) is 30.1 Å². The summed E-state index contributed by atoms with van der Waals surface area (Å²) in [6, 6.07) is 5.98. The van der Waals surface area contributed by atoms with E-state index in [4.69, 9.17) is 5.73 Å². The first kappa shape index (κ1) is 25.6. The first-order valence-electron chi connectivity index (χ1n) is 8.76. The van der Waals surface area contributed by atoms with Crippen LogP contribution in [0.3, 0.4) is 0 Å². The summed E-state index contributed by atoms with van der Waals surface area (Å²) in [5.74, 6) is -0.758. The Bertz CT molecular complexity index is 596. The number of nitrogens with one attached hydrogen (secondary N) is 1. The number of carbonyl (C=O) groups is 2. The lowest BCUT2D eigenvalue weighted by Crippen LogP contribution is -2.50. The summed E-state index contributed by atoms with van der Waals surface area (Å²) in [5, 5.41) is 2.74. The maximum absolute atomic E-state index is 13.5. The van der Waals surface area contributed by atoms with E-state index in [1.807, 2.05) is 11.8 Å². The van der Waals surface area contributed by atoms with Gasteiger partial charge in [0.25, 0.3) is 5.91 Å². The highest BCUT2D eigenvalue weighted by Gasteiger charge is 2.21. The van der Waals surface area contributed by atoms with Crippen LogP contribution in [0.15, 0.2) is 24.3 Å². The fraction of sp³-hybridized carbons (Fsp3) is 0.556. The Morgan fingerprint density at radius 3 is 2.41 bits per heavy atom. The lowest BCUT2D eigenvalue weighted by molar-refractivity contribution is -0.133. The molecule has 1 unspecified atom stereocenters. The molecule has 27 heavy (non-hydrogen) atoms. The minimum Gasteiger partial charge on any atom is -0.351 e. The highest BCUT2D eigenvalue weighted by atomic mass is 35.5. The second-order valence-corrected chi connectivity index (χ2v) is 6.47. The molecule has 1 aromatic carbocycles. The molecule has 1 aromatic rings. The van der Waals surface area contributed by atoms with E-state index >= 15 is 0 Å². The summed E-state index contributed by atoms with van der Waals surface area (Å²) in [6.07, 6.45) is 1.21. The van der Waals surface area contributed by atoms with Crippen LogP contribution in [0, 0.1) is 5.82 Å². The average Bonchev–Trinajstić information content (AvgIpc) is 2.60. The van der Waals surface area contributed by atoms with E-state index in [1.54, 1.807) is 12.1 Å². The van der Waals surface area contributed by atoms with E-state index < -0.39 is 11.7 Å². The van der Waals surface area contributed by atoms with Crippen LogP contribution in [0.5, 0.6) is 0 Å². The molecular formula is C18H29Cl2FN4O2. The summed E-state index contributed by atoms with van der Waals surface area (Å²) < 4.78 is 13.5. The smallest absolute Gasteiger partial charge is 0.254 e. The number of carbonyl (C=O) groups excluding carboxylic acids is 2. The molecule has 2 amide bonds. The van der Waals surface area contributed by atoms with Crippen molar-refractivity contribution < 1.29 is 14.0 Å². The first-order valence-corrected chi connectivity index (χ1v) is 8.76. The normalized spacial score (nSPS) is 15.3. The van der Waals surface area contributed by atoms with Gasteiger partial charge in [-0.2, -0.15) is 0 Å². The van der Waals surface area contributed by atoms with Gasteiger partial charge in [-0.15, -0.1) is 24.8 Å². The number of nitrogens with zero attached hydrogens (tertiary/aromatic N) is 2. The van der Waals surface area contributed by atoms with Crippen molar-refractivity contribution >= 4 is 36.6 Å². The second kappa shape index (κ2) is 12.9. The van der Waals surface area contributed by atoms with E-state index in [0.29, 0.717) is 39.0 Å². The average molecular weight is 423 g/mol. The van der Waals surface area contributed by atoms with Gasteiger partial charge in [0.15, 0.2) is 0 Å². The van der Waals surface area contributed by atoms with Gasteiger partial charge in [0.1, 0.15) is 5.82 Å². The van der Waals surface area contributed by atoms with Gasteiger partial charge in [0.2, 0.25) is 5.91 Å². The van der Waals surface area contributed by atoms with Gasteiger partial charge in [0.05, 0.1) is 5.56 Å². The third kappa shape index (κ3) is 8.43.